The monoisotopic (exact) mass is 489 g/mol. The molecule has 0 aliphatic carbocycles. The third kappa shape index (κ3) is 7.31. The summed E-state index contributed by atoms with van der Waals surface area (Å²) in [6.45, 7) is 7.64. The minimum Gasteiger partial charge on any atom is -0.493 e. The summed E-state index contributed by atoms with van der Waals surface area (Å²) in [5.41, 5.74) is 3.68. The number of hydrazone groups is 1. The molecule has 2 aromatic rings. The lowest BCUT2D eigenvalue weighted by Crippen LogP contribution is -2.24. The molecule has 34 heavy (non-hydrogen) atoms. The van der Waals surface area contributed by atoms with Crippen molar-refractivity contribution in [1.29, 1.82) is 0 Å². The molecule has 0 unspecified atom stereocenters. The lowest BCUT2D eigenvalue weighted by atomic mass is 10.1. The number of carbonyl (C=O) groups is 3. The summed E-state index contributed by atoms with van der Waals surface area (Å²) in [7, 11) is 1.56. The van der Waals surface area contributed by atoms with E-state index in [1.54, 1.807) is 39.2 Å². The van der Waals surface area contributed by atoms with E-state index < -0.39 is 12.0 Å². The van der Waals surface area contributed by atoms with Crippen LogP contribution in [0.2, 0.25) is 0 Å². The van der Waals surface area contributed by atoms with E-state index in [9.17, 15) is 14.4 Å². The number of amides is 2. The van der Waals surface area contributed by atoms with Gasteiger partial charge in [-0.3, -0.25) is 10.1 Å². The lowest BCUT2D eigenvalue weighted by Gasteiger charge is -2.11. The Balaban J connectivity index is 2.06. The Bertz CT molecular complexity index is 1050. The first-order chi connectivity index (χ1) is 16.3. The third-order valence-electron chi connectivity index (χ3n) is 4.75. The maximum absolute atomic E-state index is 12.4. The van der Waals surface area contributed by atoms with E-state index in [4.69, 9.17) is 14.2 Å². The number of methoxy groups -OCH3 is 1. The number of nitrogens with one attached hydrogen (secondary N) is 2. The molecule has 0 saturated heterocycles. The molecule has 0 aliphatic heterocycles. The number of unbranched alkanes of at least 4 members (excludes halogenated alkanes) is 2. The van der Waals surface area contributed by atoms with Gasteiger partial charge in [0.1, 0.15) is 5.00 Å². The zero-order valence-corrected chi connectivity index (χ0v) is 21.0. The molecule has 1 aromatic heterocycles. The largest absolute Gasteiger partial charge is 0.493 e. The molecule has 0 spiro atoms. The van der Waals surface area contributed by atoms with Gasteiger partial charge in [-0.15, -0.1) is 11.3 Å². The van der Waals surface area contributed by atoms with Crippen LogP contribution in [0.4, 0.5) is 9.80 Å². The van der Waals surface area contributed by atoms with Crippen LogP contribution in [0, 0.1) is 6.92 Å². The van der Waals surface area contributed by atoms with Gasteiger partial charge in [-0.05, 0) is 56.5 Å². The first kappa shape index (κ1) is 26.8. The molecule has 184 valence electrons. The molecule has 0 aliphatic rings. The van der Waals surface area contributed by atoms with E-state index in [0.717, 1.165) is 30.6 Å². The highest BCUT2D eigenvalue weighted by Crippen LogP contribution is 2.34. The Hall–Kier alpha value is -3.40. The van der Waals surface area contributed by atoms with Crippen molar-refractivity contribution in [1.82, 2.24) is 5.43 Å². The van der Waals surface area contributed by atoms with Crippen LogP contribution in [-0.2, 0) is 4.74 Å². The molecular formula is C24H31N3O6S. The van der Waals surface area contributed by atoms with Crippen molar-refractivity contribution in [2.24, 2.45) is 5.10 Å². The van der Waals surface area contributed by atoms with Crippen molar-refractivity contribution in [2.75, 3.05) is 25.6 Å². The van der Waals surface area contributed by atoms with Crippen LogP contribution < -0.4 is 20.2 Å². The Labute approximate surface area is 203 Å². The number of benzene rings is 1. The third-order valence-corrected chi connectivity index (χ3v) is 6.05. The SMILES string of the molecule is CCCCCOc1ccc(C=NNC(=O)Nc2sc(C(C)=O)c(C)c2C(=O)OCC)cc1OC. The summed E-state index contributed by atoms with van der Waals surface area (Å²) in [5.74, 6) is 0.398. The summed E-state index contributed by atoms with van der Waals surface area (Å²) in [6, 6.07) is 4.66. The van der Waals surface area contributed by atoms with E-state index in [1.165, 1.54) is 13.1 Å². The molecule has 0 bridgehead atoms. The van der Waals surface area contributed by atoms with Gasteiger partial charge in [0.05, 0.1) is 37.0 Å². The molecule has 0 radical (unpaired) electrons. The van der Waals surface area contributed by atoms with Crippen molar-refractivity contribution in [2.45, 2.75) is 47.0 Å². The van der Waals surface area contributed by atoms with E-state index >= 15 is 0 Å². The predicted octanol–water partition coefficient (Wildman–Crippen LogP) is 5.17. The molecular weight excluding hydrogens is 458 g/mol. The highest BCUT2D eigenvalue weighted by Gasteiger charge is 2.25. The minimum atomic E-state index is -0.666. The number of ketones is 1. The fourth-order valence-corrected chi connectivity index (χ4v) is 4.19. The zero-order chi connectivity index (χ0) is 25.1. The van der Waals surface area contributed by atoms with Crippen molar-refractivity contribution in [3.63, 3.8) is 0 Å². The average molecular weight is 490 g/mol. The van der Waals surface area contributed by atoms with Crippen LogP contribution in [0.1, 0.15) is 71.2 Å². The Morgan fingerprint density at radius 1 is 1.15 bits per heavy atom. The Morgan fingerprint density at radius 2 is 1.91 bits per heavy atom. The molecule has 9 nitrogen and oxygen atoms in total. The summed E-state index contributed by atoms with van der Waals surface area (Å²) < 4.78 is 16.2. The number of esters is 1. The van der Waals surface area contributed by atoms with Crippen LogP contribution in [0.5, 0.6) is 11.5 Å². The maximum Gasteiger partial charge on any atom is 0.341 e. The van der Waals surface area contributed by atoms with Crippen LogP contribution in [0.3, 0.4) is 0 Å². The number of carbonyl (C=O) groups excluding carboxylic acids is 3. The molecule has 10 heteroatoms. The van der Waals surface area contributed by atoms with Gasteiger partial charge >= 0.3 is 12.0 Å². The number of thiophene rings is 1. The van der Waals surface area contributed by atoms with E-state index in [1.807, 2.05) is 0 Å². The molecule has 2 rings (SSSR count). The lowest BCUT2D eigenvalue weighted by molar-refractivity contribution is 0.0527. The number of anilines is 1. The highest BCUT2D eigenvalue weighted by molar-refractivity contribution is 7.18. The van der Waals surface area contributed by atoms with Crippen LogP contribution in [-0.4, -0.2) is 44.3 Å². The van der Waals surface area contributed by atoms with Crippen LogP contribution in [0.15, 0.2) is 23.3 Å². The second-order valence-corrected chi connectivity index (χ2v) is 8.35. The number of rotatable bonds is 12. The number of hydrogen-bond donors (Lipinski definition) is 2. The second kappa shape index (κ2) is 13.3. The quantitative estimate of drug-likeness (QED) is 0.140. The van der Waals surface area contributed by atoms with Gasteiger partial charge in [-0.1, -0.05) is 19.8 Å². The number of nitrogens with zero attached hydrogens (tertiary/aromatic N) is 1. The van der Waals surface area contributed by atoms with Crippen molar-refractivity contribution in [3.05, 3.63) is 39.8 Å². The average Bonchev–Trinajstić information content (AvgIpc) is 3.13. The summed E-state index contributed by atoms with van der Waals surface area (Å²) in [4.78, 5) is 37.0. The van der Waals surface area contributed by atoms with Crippen molar-refractivity contribution < 1.29 is 28.6 Å². The number of Topliss-reactive ketones (excluding diaryl/α,β-unsaturated/α-hetero) is 1. The maximum atomic E-state index is 12.4. The molecule has 0 fully saturated rings. The van der Waals surface area contributed by atoms with E-state index in [0.29, 0.717) is 34.1 Å². The normalized spacial score (nSPS) is 10.7. The van der Waals surface area contributed by atoms with Crippen LogP contribution >= 0.6 is 11.3 Å². The van der Waals surface area contributed by atoms with Crippen molar-refractivity contribution >= 4 is 40.3 Å². The molecule has 2 N–H and O–H groups in total. The van der Waals surface area contributed by atoms with Gasteiger partial charge in [0.2, 0.25) is 0 Å². The van der Waals surface area contributed by atoms with Gasteiger partial charge in [0.25, 0.3) is 0 Å². The number of hydrogen-bond acceptors (Lipinski definition) is 8. The molecule has 1 aromatic carbocycles. The fraction of sp³-hybridized carbons (Fsp3) is 0.417. The predicted molar refractivity (Wildman–Crippen MR) is 133 cm³/mol. The Morgan fingerprint density at radius 3 is 2.56 bits per heavy atom. The van der Waals surface area contributed by atoms with Gasteiger partial charge in [0, 0.05) is 0 Å². The summed E-state index contributed by atoms with van der Waals surface area (Å²) >= 11 is 1.02. The van der Waals surface area contributed by atoms with Gasteiger partial charge in [0.15, 0.2) is 17.3 Å². The summed E-state index contributed by atoms with van der Waals surface area (Å²) in [6.07, 6.45) is 4.64. The van der Waals surface area contributed by atoms with Gasteiger partial charge < -0.3 is 14.2 Å². The molecule has 1 heterocycles. The molecule has 0 atom stereocenters. The second-order valence-electron chi connectivity index (χ2n) is 7.33. The zero-order valence-electron chi connectivity index (χ0n) is 20.1. The van der Waals surface area contributed by atoms with Crippen LogP contribution in [0.25, 0.3) is 0 Å². The smallest absolute Gasteiger partial charge is 0.341 e. The first-order valence-electron chi connectivity index (χ1n) is 11.0. The highest BCUT2D eigenvalue weighted by atomic mass is 32.1. The van der Waals surface area contributed by atoms with E-state index in [-0.39, 0.29) is 23.0 Å². The fourth-order valence-electron chi connectivity index (χ4n) is 3.10. The molecule has 0 saturated carbocycles. The van der Waals surface area contributed by atoms with Gasteiger partial charge in [-0.25, -0.2) is 15.0 Å². The standard InChI is InChI=1S/C24H31N3O6S/c1-6-8-9-12-33-18-11-10-17(13-19(18)31-5)14-25-27-24(30)26-22-20(23(29)32-7-2)15(3)21(34-22)16(4)28/h10-11,13-14H,6-9,12H2,1-5H3,(H2,26,27,30). The van der Waals surface area contributed by atoms with E-state index in [2.05, 4.69) is 22.8 Å². The number of ether oxygens (including phenoxy) is 3. The number of urea groups is 1. The first-order valence-corrected chi connectivity index (χ1v) is 11.9. The molecule has 2 amide bonds. The summed E-state index contributed by atoms with van der Waals surface area (Å²) in [5, 5.41) is 6.74. The van der Waals surface area contributed by atoms with Gasteiger partial charge in [-0.2, -0.15) is 5.10 Å². The van der Waals surface area contributed by atoms with Crippen molar-refractivity contribution in [3.8, 4) is 11.5 Å². The minimum absolute atomic E-state index is 0.162. The topological polar surface area (TPSA) is 115 Å². The Kier molecular flexibility index (Phi) is 10.5.